The number of carbonyl (C=O) groups is 1. The molecule has 0 unspecified atom stereocenters. The fourth-order valence-electron chi connectivity index (χ4n) is 2.03. The Kier molecular flexibility index (Phi) is 5.91. The van der Waals surface area contributed by atoms with Gasteiger partial charge in [0, 0.05) is 18.9 Å². The summed E-state index contributed by atoms with van der Waals surface area (Å²) in [7, 11) is 0. The number of hydrogen-bond donors (Lipinski definition) is 1. The zero-order valence-electron chi connectivity index (χ0n) is 12.6. The smallest absolute Gasteiger partial charge is 0.410 e. The number of aliphatic hydroxyl groups excluding tert-OH is 1. The third-order valence-electron chi connectivity index (χ3n) is 3.34. The second kappa shape index (κ2) is 8.14. The molecule has 0 saturated heterocycles. The fraction of sp³-hybridized carbons (Fsp3) is 0.294. The van der Waals surface area contributed by atoms with E-state index >= 15 is 0 Å². The lowest BCUT2D eigenvalue weighted by Crippen LogP contribution is -2.33. The average Bonchev–Trinajstić information content (AvgIpc) is 2.55. The number of rotatable bonds is 6. The standard InChI is InChI=1S/C17H20N2O3/c1-14-7-8-18-11-16(14)12-19(9-10-20)17(21)22-13-15-5-3-2-4-6-15/h2-8,11,20H,9-10,12-13H2,1H3. The minimum atomic E-state index is -0.443. The summed E-state index contributed by atoms with van der Waals surface area (Å²) in [5.41, 5.74) is 2.92. The SMILES string of the molecule is Cc1ccncc1CN(CCO)C(=O)OCc1ccccc1. The van der Waals surface area contributed by atoms with Crippen LogP contribution in [0.2, 0.25) is 0 Å². The monoisotopic (exact) mass is 300 g/mol. The van der Waals surface area contributed by atoms with Gasteiger partial charge in [-0.2, -0.15) is 0 Å². The van der Waals surface area contributed by atoms with Crippen molar-refractivity contribution in [1.82, 2.24) is 9.88 Å². The largest absolute Gasteiger partial charge is 0.445 e. The molecule has 0 bridgehead atoms. The van der Waals surface area contributed by atoms with Crippen molar-refractivity contribution in [3.05, 3.63) is 65.5 Å². The first-order valence-electron chi connectivity index (χ1n) is 7.16. The highest BCUT2D eigenvalue weighted by molar-refractivity contribution is 5.67. The number of nitrogens with zero attached hydrogens (tertiary/aromatic N) is 2. The molecular formula is C17H20N2O3. The molecule has 1 heterocycles. The summed E-state index contributed by atoms with van der Waals surface area (Å²) in [6, 6.07) is 11.4. The number of aliphatic hydroxyl groups is 1. The number of aromatic nitrogens is 1. The van der Waals surface area contributed by atoms with Crippen molar-refractivity contribution in [2.75, 3.05) is 13.2 Å². The molecule has 2 rings (SSSR count). The van der Waals surface area contributed by atoms with Gasteiger partial charge >= 0.3 is 6.09 Å². The molecule has 5 nitrogen and oxygen atoms in total. The number of ether oxygens (including phenoxy) is 1. The van der Waals surface area contributed by atoms with E-state index in [0.29, 0.717) is 6.54 Å². The molecule has 5 heteroatoms. The Morgan fingerprint density at radius 3 is 2.73 bits per heavy atom. The van der Waals surface area contributed by atoms with Crippen LogP contribution in [0.5, 0.6) is 0 Å². The van der Waals surface area contributed by atoms with Crippen LogP contribution >= 0.6 is 0 Å². The molecule has 0 radical (unpaired) electrons. The van der Waals surface area contributed by atoms with Crippen LogP contribution in [0, 0.1) is 6.92 Å². The molecule has 1 amide bonds. The van der Waals surface area contributed by atoms with Gasteiger partial charge in [0.15, 0.2) is 0 Å². The van der Waals surface area contributed by atoms with Crippen molar-refractivity contribution in [2.45, 2.75) is 20.1 Å². The molecule has 116 valence electrons. The molecule has 0 aliphatic rings. The van der Waals surface area contributed by atoms with E-state index in [9.17, 15) is 4.79 Å². The second-order valence-corrected chi connectivity index (χ2v) is 4.99. The van der Waals surface area contributed by atoms with Gasteiger partial charge in [0.25, 0.3) is 0 Å². The van der Waals surface area contributed by atoms with Gasteiger partial charge in [0.1, 0.15) is 6.61 Å². The van der Waals surface area contributed by atoms with Gasteiger partial charge in [0.05, 0.1) is 13.2 Å². The van der Waals surface area contributed by atoms with E-state index in [2.05, 4.69) is 4.98 Å². The van der Waals surface area contributed by atoms with E-state index in [0.717, 1.165) is 16.7 Å². The fourth-order valence-corrected chi connectivity index (χ4v) is 2.03. The molecular weight excluding hydrogens is 280 g/mol. The van der Waals surface area contributed by atoms with Gasteiger partial charge in [-0.05, 0) is 29.7 Å². The highest BCUT2D eigenvalue weighted by atomic mass is 16.6. The molecule has 0 saturated carbocycles. The minimum Gasteiger partial charge on any atom is -0.445 e. The molecule has 2 aromatic rings. The predicted molar refractivity (Wildman–Crippen MR) is 83.1 cm³/mol. The Morgan fingerprint density at radius 1 is 1.27 bits per heavy atom. The van der Waals surface area contributed by atoms with Crippen LogP contribution in [0.3, 0.4) is 0 Å². The van der Waals surface area contributed by atoms with E-state index < -0.39 is 6.09 Å². The van der Waals surface area contributed by atoms with Gasteiger partial charge in [-0.15, -0.1) is 0 Å². The Hall–Kier alpha value is -2.40. The first-order chi connectivity index (χ1) is 10.7. The van der Waals surface area contributed by atoms with E-state index in [4.69, 9.17) is 9.84 Å². The molecule has 0 spiro atoms. The Labute approximate surface area is 130 Å². The molecule has 0 aliphatic heterocycles. The van der Waals surface area contributed by atoms with Crippen molar-refractivity contribution in [1.29, 1.82) is 0 Å². The highest BCUT2D eigenvalue weighted by Crippen LogP contribution is 2.11. The van der Waals surface area contributed by atoms with Crippen molar-refractivity contribution >= 4 is 6.09 Å². The van der Waals surface area contributed by atoms with E-state index in [1.54, 1.807) is 12.4 Å². The number of pyridine rings is 1. The molecule has 0 atom stereocenters. The molecule has 1 aromatic heterocycles. The van der Waals surface area contributed by atoms with Crippen LogP contribution in [-0.2, 0) is 17.9 Å². The lowest BCUT2D eigenvalue weighted by atomic mass is 10.1. The maximum absolute atomic E-state index is 12.2. The van der Waals surface area contributed by atoms with E-state index in [1.165, 1.54) is 4.90 Å². The second-order valence-electron chi connectivity index (χ2n) is 4.99. The first-order valence-corrected chi connectivity index (χ1v) is 7.16. The Morgan fingerprint density at radius 2 is 2.05 bits per heavy atom. The van der Waals surface area contributed by atoms with Crippen LogP contribution in [0.25, 0.3) is 0 Å². The molecule has 0 aliphatic carbocycles. The van der Waals surface area contributed by atoms with Crippen LogP contribution in [0.4, 0.5) is 4.79 Å². The van der Waals surface area contributed by atoms with Gasteiger partial charge in [-0.1, -0.05) is 30.3 Å². The zero-order chi connectivity index (χ0) is 15.8. The quantitative estimate of drug-likeness (QED) is 0.890. The molecule has 1 aromatic carbocycles. The lowest BCUT2D eigenvalue weighted by Gasteiger charge is -2.22. The number of aryl methyl sites for hydroxylation is 1. The van der Waals surface area contributed by atoms with Gasteiger partial charge in [0.2, 0.25) is 0 Å². The number of hydrogen-bond acceptors (Lipinski definition) is 4. The number of amides is 1. The maximum atomic E-state index is 12.2. The molecule has 22 heavy (non-hydrogen) atoms. The molecule has 1 N–H and O–H groups in total. The normalized spacial score (nSPS) is 10.3. The summed E-state index contributed by atoms with van der Waals surface area (Å²) >= 11 is 0. The lowest BCUT2D eigenvalue weighted by molar-refractivity contribution is 0.0858. The predicted octanol–water partition coefficient (Wildman–Crippen LogP) is 2.52. The number of benzene rings is 1. The van der Waals surface area contributed by atoms with Crippen molar-refractivity contribution in [3.8, 4) is 0 Å². The highest BCUT2D eigenvalue weighted by Gasteiger charge is 2.16. The third kappa shape index (κ3) is 4.56. The summed E-state index contributed by atoms with van der Waals surface area (Å²) in [6.45, 7) is 2.66. The van der Waals surface area contributed by atoms with E-state index in [-0.39, 0.29) is 19.8 Å². The van der Waals surface area contributed by atoms with E-state index in [1.807, 2.05) is 43.3 Å². The van der Waals surface area contributed by atoms with Crippen molar-refractivity contribution < 1.29 is 14.6 Å². The molecule has 0 fully saturated rings. The minimum absolute atomic E-state index is 0.111. The van der Waals surface area contributed by atoms with Crippen molar-refractivity contribution in [3.63, 3.8) is 0 Å². The average molecular weight is 300 g/mol. The Balaban J connectivity index is 1.98. The summed E-state index contributed by atoms with van der Waals surface area (Å²) in [5, 5.41) is 9.15. The number of carbonyl (C=O) groups excluding carboxylic acids is 1. The summed E-state index contributed by atoms with van der Waals surface area (Å²) in [4.78, 5) is 17.7. The first kappa shape index (κ1) is 16.0. The topological polar surface area (TPSA) is 62.7 Å². The van der Waals surface area contributed by atoms with Crippen LogP contribution in [0.1, 0.15) is 16.7 Å². The maximum Gasteiger partial charge on any atom is 0.410 e. The van der Waals surface area contributed by atoms with Gasteiger partial charge in [-0.3, -0.25) is 4.98 Å². The summed E-state index contributed by atoms with van der Waals surface area (Å²) in [5.74, 6) is 0. The van der Waals surface area contributed by atoms with Gasteiger partial charge < -0.3 is 14.7 Å². The Bertz CT molecular complexity index is 602. The van der Waals surface area contributed by atoms with Crippen molar-refractivity contribution in [2.24, 2.45) is 0 Å². The van der Waals surface area contributed by atoms with Crippen LogP contribution in [0.15, 0.2) is 48.8 Å². The summed E-state index contributed by atoms with van der Waals surface area (Å²) in [6.07, 6.45) is 2.99. The zero-order valence-corrected chi connectivity index (χ0v) is 12.6. The van der Waals surface area contributed by atoms with Crippen LogP contribution in [-0.4, -0.2) is 34.2 Å². The van der Waals surface area contributed by atoms with Crippen LogP contribution < -0.4 is 0 Å². The summed E-state index contributed by atoms with van der Waals surface area (Å²) < 4.78 is 5.31. The van der Waals surface area contributed by atoms with Gasteiger partial charge in [-0.25, -0.2) is 4.79 Å². The third-order valence-corrected chi connectivity index (χ3v) is 3.34.